The van der Waals surface area contributed by atoms with Crippen molar-refractivity contribution >= 4 is 6.08 Å². The summed E-state index contributed by atoms with van der Waals surface area (Å²) in [6.07, 6.45) is 5.19. The van der Waals surface area contributed by atoms with Gasteiger partial charge in [0.1, 0.15) is 11.8 Å². The second-order valence-electron chi connectivity index (χ2n) is 3.68. The third-order valence-corrected chi connectivity index (χ3v) is 2.34. The van der Waals surface area contributed by atoms with E-state index in [1.807, 2.05) is 24.3 Å². The first-order chi connectivity index (χ1) is 8.31. The zero-order valence-corrected chi connectivity index (χ0v) is 10.4. The van der Waals surface area contributed by atoms with E-state index in [-0.39, 0.29) is 0 Å². The number of nitrogens with zero attached hydrogens (tertiary/aromatic N) is 1. The average molecular weight is 230 g/mol. The van der Waals surface area contributed by atoms with E-state index in [4.69, 9.17) is 10.00 Å². The maximum atomic E-state index is 8.95. The molecule has 0 atom stereocenters. The Bertz CT molecular complexity index is 419. The predicted octanol–water partition coefficient (Wildman–Crippen LogP) is 2.58. The Kier molecular flexibility index (Phi) is 5.84. The maximum absolute atomic E-state index is 8.95. The van der Waals surface area contributed by atoms with Gasteiger partial charge in [-0.1, -0.05) is 25.1 Å². The van der Waals surface area contributed by atoms with Gasteiger partial charge in [0.05, 0.1) is 12.7 Å². The molecular formula is C14H18N2O. The highest BCUT2D eigenvalue weighted by molar-refractivity contribution is 5.56. The summed E-state index contributed by atoms with van der Waals surface area (Å²) in [7, 11) is 1.57. The highest BCUT2D eigenvalue weighted by Gasteiger charge is 2.01. The fourth-order valence-corrected chi connectivity index (χ4v) is 1.47. The lowest BCUT2D eigenvalue weighted by Gasteiger charge is -2.03. The summed E-state index contributed by atoms with van der Waals surface area (Å²) in [5.74, 6) is 0.619. The first-order valence-corrected chi connectivity index (χ1v) is 5.77. The number of hydrogen-bond donors (Lipinski definition) is 1. The number of ether oxygens (including phenoxy) is 1. The van der Waals surface area contributed by atoms with Gasteiger partial charge in [-0.15, -0.1) is 0 Å². The lowest BCUT2D eigenvalue weighted by atomic mass is 10.1. The van der Waals surface area contributed by atoms with Gasteiger partial charge in [0.15, 0.2) is 0 Å². The van der Waals surface area contributed by atoms with Crippen molar-refractivity contribution in [2.45, 2.75) is 13.3 Å². The van der Waals surface area contributed by atoms with Crippen LogP contribution in [-0.2, 0) is 0 Å². The standard InChI is InChI=1S/C14H18N2O/c1-3-8-16-9-4-5-12-6-7-14(17-2)13(10-12)11-15/h4-7,10,16H,3,8-9H2,1-2H3. The van der Waals surface area contributed by atoms with E-state index < -0.39 is 0 Å². The predicted molar refractivity (Wildman–Crippen MR) is 69.9 cm³/mol. The number of hydrogen-bond acceptors (Lipinski definition) is 3. The first kappa shape index (κ1) is 13.3. The summed E-state index contributed by atoms with van der Waals surface area (Å²) in [4.78, 5) is 0. The van der Waals surface area contributed by atoms with Crippen LogP contribution in [-0.4, -0.2) is 20.2 Å². The van der Waals surface area contributed by atoms with E-state index >= 15 is 0 Å². The Hall–Kier alpha value is -1.79. The average Bonchev–Trinajstić information content (AvgIpc) is 2.38. The largest absolute Gasteiger partial charge is 0.495 e. The molecule has 0 heterocycles. The van der Waals surface area contributed by atoms with Gasteiger partial charge >= 0.3 is 0 Å². The molecule has 0 radical (unpaired) electrons. The second-order valence-corrected chi connectivity index (χ2v) is 3.68. The van der Waals surface area contributed by atoms with E-state index in [0.29, 0.717) is 11.3 Å². The molecule has 1 N–H and O–H groups in total. The molecule has 0 unspecified atom stereocenters. The lowest BCUT2D eigenvalue weighted by molar-refractivity contribution is 0.413. The van der Waals surface area contributed by atoms with Crippen LogP contribution >= 0.6 is 0 Å². The molecule has 0 aliphatic rings. The molecule has 17 heavy (non-hydrogen) atoms. The molecule has 1 aromatic carbocycles. The Morgan fingerprint density at radius 3 is 2.94 bits per heavy atom. The topological polar surface area (TPSA) is 45.0 Å². The molecule has 0 saturated heterocycles. The molecule has 0 spiro atoms. The Morgan fingerprint density at radius 2 is 2.29 bits per heavy atom. The summed E-state index contributed by atoms with van der Waals surface area (Å²) < 4.78 is 5.09. The minimum absolute atomic E-state index is 0.566. The number of benzene rings is 1. The van der Waals surface area contributed by atoms with Crippen molar-refractivity contribution in [2.75, 3.05) is 20.2 Å². The zero-order chi connectivity index (χ0) is 12.5. The maximum Gasteiger partial charge on any atom is 0.136 e. The molecule has 1 rings (SSSR count). The molecule has 0 saturated carbocycles. The molecular weight excluding hydrogens is 212 g/mol. The monoisotopic (exact) mass is 230 g/mol. The summed E-state index contributed by atoms with van der Waals surface area (Å²) in [6.45, 7) is 4.01. The number of rotatable bonds is 6. The van der Waals surface area contributed by atoms with Crippen molar-refractivity contribution in [3.8, 4) is 11.8 Å². The van der Waals surface area contributed by atoms with Crippen molar-refractivity contribution in [3.63, 3.8) is 0 Å². The van der Waals surface area contributed by atoms with Gasteiger partial charge in [-0.25, -0.2) is 0 Å². The summed E-state index contributed by atoms with van der Waals surface area (Å²) in [5.41, 5.74) is 1.58. The summed E-state index contributed by atoms with van der Waals surface area (Å²) in [5, 5.41) is 12.2. The first-order valence-electron chi connectivity index (χ1n) is 5.77. The van der Waals surface area contributed by atoms with Crippen molar-refractivity contribution in [1.82, 2.24) is 5.32 Å². The van der Waals surface area contributed by atoms with Gasteiger partial charge in [-0.3, -0.25) is 0 Å². The number of nitrogens with one attached hydrogen (secondary N) is 1. The van der Waals surface area contributed by atoms with Crippen LogP contribution in [0, 0.1) is 11.3 Å². The molecule has 1 aromatic rings. The smallest absolute Gasteiger partial charge is 0.136 e. The van der Waals surface area contributed by atoms with Crippen molar-refractivity contribution in [3.05, 3.63) is 35.4 Å². The third kappa shape index (κ3) is 4.29. The van der Waals surface area contributed by atoms with Crippen molar-refractivity contribution in [1.29, 1.82) is 5.26 Å². The van der Waals surface area contributed by atoms with Crippen LogP contribution in [0.2, 0.25) is 0 Å². The molecule has 0 aliphatic heterocycles. The number of methoxy groups -OCH3 is 1. The Balaban J connectivity index is 2.63. The van der Waals surface area contributed by atoms with Gasteiger partial charge in [-0.2, -0.15) is 5.26 Å². The fraction of sp³-hybridized carbons (Fsp3) is 0.357. The van der Waals surface area contributed by atoms with E-state index in [1.54, 1.807) is 7.11 Å². The van der Waals surface area contributed by atoms with E-state index in [9.17, 15) is 0 Å². The van der Waals surface area contributed by atoms with Gasteiger partial charge in [0.2, 0.25) is 0 Å². The van der Waals surface area contributed by atoms with E-state index in [0.717, 1.165) is 25.1 Å². The summed E-state index contributed by atoms with van der Waals surface area (Å²) in [6, 6.07) is 7.71. The van der Waals surface area contributed by atoms with E-state index in [2.05, 4.69) is 24.4 Å². The Labute approximate surface area is 103 Å². The fourth-order valence-electron chi connectivity index (χ4n) is 1.47. The Morgan fingerprint density at radius 1 is 1.47 bits per heavy atom. The molecule has 0 amide bonds. The van der Waals surface area contributed by atoms with Crippen molar-refractivity contribution < 1.29 is 4.74 Å². The second kappa shape index (κ2) is 7.48. The molecule has 0 bridgehead atoms. The highest BCUT2D eigenvalue weighted by Crippen LogP contribution is 2.19. The normalized spacial score (nSPS) is 10.4. The lowest BCUT2D eigenvalue weighted by Crippen LogP contribution is -2.13. The third-order valence-electron chi connectivity index (χ3n) is 2.34. The van der Waals surface area contributed by atoms with Crippen LogP contribution < -0.4 is 10.1 Å². The van der Waals surface area contributed by atoms with Crippen LogP contribution in [0.25, 0.3) is 6.08 Å². The van der Waals surface area contributed by atoms with Crippen LogP contribution in [0.4, 0.5) is 0 Å². The quantitative estimate of drug-likeness (QED) is 0.764. The molecule has 90 valence electrons. The van der Waals surface area contributed by atoms with Gasteiger partial charge < -0.3 is 10.1 Å². The van der Waals surface area contributed by atoms with Crippen LogP contribution in [0.15, 0.2) is 24.3 Å². The van der Waals surface area contributed by atoms with Gasteiger partial charge in [0.25, 0.3) is 0 Å². The molecule has 3 nitrogen and oxygen atoms in total. The molecule has 3 heteroatoms. The van der Waals surface area contributed by atoms with Crippen LogP contribution in [0.5, 0.6) is 5.75 Å². The van der Waals surface area contributed by atoms with Crippen LogP contribution in [0.1, 0.15) is 24.5 Å². The SMILES string of the molecule is CCCNCC=Cc1ccc(OC)c(C#N)c1. The number of nitriles is 1. The molecule has 0 aromatic heterocycles. The van der Waals surface area contributed by atoms with Crippen LogP contribution in [0.3, 0.4) is 0 Å². The van der Waals surface area contributed by atoms with Gasteiger partial charge in [-0.05, 0) is 30.7 Å². The zero-order valence-electron chi connectivity index (χ0n) is 10.4. The van der Waals surface area contributed by atoms with E-state index in [1.165, 1.54) is 0 Å². The molecule has 0 fully saturated rings. The summed E-state index contributed by atoms with van der Waals surface area (Å²) >= 11 is 0. The van der Waals surface area contributed by atoms with Gasteiger partial charge in [0, 0.05) is 6.54 Å². The minimum atomic E-state index is 0.566. The highest BCUT2D eigenvalue weighted by atomic mass is 16.5. The minimum Gasteiger partial charge on any atom is -0.495 e. The molecule has 0 aliphatic carbocycles. The van der Waals surface area contributed by atoms with Crippen molar-refractivity contribution in [2.24, 2.45) is 0 Å².